The third-order valence-corrected chi connectivity index (χ3v) is 3.59. The number of nitrogen functional groups attached to an aromatic ring is 1. The second kappa shape index (κ2) is 4.16. The molecule has 2 N–H and O–H groups in total. The summed E-state index contributed by atoms with van der Waals surface area (Å²) in [6.07, 6.45) is 2.51. The van der Waals surface area contributed by atoms with Crippen LogP contribution in [0.2, 0.25) is 0 Å². The molecule has 1 fully saturated rings. The molecule has 0 aliphatic heterocycles. The first-order valence-corrected chi connectivity index (χ1v) is 6.63. The number of anilines is 1. The molecular weight excluding hydrogens is 222 g/mol. The fourth-order valence-electron chi connectivity index (χ4n) is 2.47. The standard InChI is InChI=1S/C15H19N3/c1-3-18-14(16)13(17-15(18)11-7-8-11)12-6-4-5-10(2)9-12/h4-6,9,11H,3,7-8,16H2,1-2H3. The number of aryl methyl sites for hydroxylation is 1. The number of aromatic nitrogens is 2. The molecule has 1 aliphatic carbocycles. The minimum absolute atomic E-state index is 0.630. The molecule has 1 saturated carbocycles. The molecular formula is C15H19N3. The molecule has 1 aromatic heterocycles. The van der Waals surface area contributed by atoms with Gasteiger partial charge in [-0.15, -0.1) is 0 Å². The van der Waals surface area contributed by atoms with Crippen molar-refractivity contribution >= 4 is 5.82 Å². The maximum atomic E-state index is 6.26. The van der Waals surface area contributed by atoms with Crippen molar-refractivity contribution in [2.24, 2.45) is 0 Å². The monoisotopic (exact) mass is 241 g/mol. The van der Waals surface area contributed by atoms with Crippen LogP contribution in [0.4, 0.5) is 5.82 Å². The van der Waals surface area contributed by atoms with Crippen LogP contribution in [0.5, 0.6) is 0 Å². The Labute approximate surface area is 108 Å². The molecule has 3 rings (SSSR count). The van der Waals surface area contributed by atoms with Crippen LogP contribution < -0.4 is 5.73 Å². The fraction of sp³-hybridized carbons (Fsp3) is 0.400. The zero-order chi connectivity index (χ0) is 12.7. The molecule has 0 bridgehead atoms. The number of nitrogens with two attached hydrogens (primary N) is 1. The van der Waals surface area contributed by atoms with Crippen LogP contribution >= 0.6 is 0 Å². The summed E-state index contributed by atoms with van der Waals surface area (Å²) in [7, 11) is 0. The smallest absolute Gasteiger partial charge is 0.131 e. The highest BCUT2D eigenvalue weighted by atomic mass is 15.1. The second-order valence-corrected chi connectivity index (χ2v) is 5.09. The van der Waals surface area contributed by atoms with Crippen molar-refractivity contribution < 1.29 is 0 Å². The van der Waals surface area contributed by atoms with Crippen molar-refractivity contribution in [1.82, 2.24) is 9.55 Å². The van der Waals surface area contributed by atoms with E-state index in [4.69, 9.17) is 10.7 Å². The Balaban J connectivity index is 2.12. The van der Waals surface area contributed by atoms with Gasteiger partial charge in [0, 0.05) is 18.0 Å². The van der Waals surface area contributed by atoms with Crippen molar-refractivity contribution in [3.63, 3.8) is 0 Å². The number of hydrogen-bond acceptors (Lipinski definition) is 2. The van der Waals surface area contributed by atoms with E-state index in [2.05, 4.69) is 42.7 Å². The van der Waals surface area contributed by atoms with Crippen LogP contribution in [0.15, 0.2) is 24.3 Å². The first-order chi connectivity index (χ1) is 8.70. The van der Waals surface area contributed by atoms with Crippen molar-refractivity contribution in [2.45, 2.75) is 39.2 Å². The summed E-state index contributed by atoms with van der Waals surface area (Å²) in [6.45, 7) is 5.12. The molecule has 1 aromatic carbocycles. The van der Waals surface area contributed by atoms with Crippen molar-refractivity contribution in [2.75, 3.05) is 5.73 Å². The minimum atomic E-state index is 0.630. The predicted octanol–water partition coefficient (Wildman–Crippen LogP) is 3.34. The van der Waals surface area contributed by atoms with Gasteiger partial charge in [-0.3, -0.25) is 0 Å². The van der Waals surface area contributed by atoms with E-state index in [0.29, 0.717) is 5.92 Å². The number of imidazole rings is 1. The van der Waals surface area contributed by atoms with E-state index in [-0.39, 0.29) is 0 Å². The van der Waals surface area contributed by atoms with E-state index in [1.807, 2.05) is 0 Å². The van der Waals surface area contributed by atoms with Crippen LogP contribution in [0, 0.1) is 6.92 Å². The molecule has 0 radical (unpaired) electrons. The number of benzene rings is 1. The van der Waals surface area contributed by atoms with Crippen LogP contribution in [0.1, 0.15) is 37.1 Å². The van der Waals surface area contributed by atoms with Gasteiger partial charge < -0.3 is 10.3 Å². The van der Waals surface area contributed by atoms with E-state index in [9.17, 15) is 0 Å². The molecule has 18 heavy (non-hydrogen) atoms. The van der Waals surface area contributed by atoms with Gasteiger partial charge in [0.1, 0.15) is 17.3 Å². The average molecular weight is 241 g/mol. The van der Waals surface area contributed by atoms with E-state index >= 15 is 0 Å². The Hall–Kier alpha value is -1.77. The molecule has 0 unspecified atom stereocenters. The second-order valence-electron chi connectivity index (χ2n) is 5.09. The minimum Gasteiger partial charge on any atom is -0.383 e. The fourth-order valence-corrected chi connectivity index (χ4v) is 2.47. The lowest BCUT2D eigenvalue weighted by molar-refractivity contribution is 0.708. The van der Waals surface area contributed by atoms with Crippen molar-refractivity contribution in [3.8, 4) is 11.3 Å². The Morgan fingerprint density at radius 2 is 2.17 bits per heavy atom. The molecule has 0 saturated heterocycles. The Kier molecular flexibility index (Phi) is 2.62. The molecule has 94 valence electrons. The van der Waals surface area contributed by atoms with E-state index in [0.717, 1.165) is 23.6 Å². The molecule has 0 atom stereocenters. The maximum absolute atomic E-state index is 6.26. The molecule has 1 aliphatic rings. The summed E-state index contributed by atoms with van der Waals surface area (Å²) in [5, 5.41) is 0. The summed E-state index contributed by atoms with van der Waals surface area (Å²) in [5.41, 5.74) is 9.58. The first-order valence-electron chi connectivity index (χ1n) is 6.63. The summed E-state index contributed by atoms with van der Waals surface area (Å²) < 4.78 is 2.16. The van der Waals surface area contributed by atoms with Gasteiger partial charge in [-0.1, -0.05) is 23.8 Å². The van der Waals surface area contributed by atoms with Crippen LogP contribution in [0.3, 0.4) is 0 Å². The summed E-state index contributed by atoms with van der Waals surface area (Å²) in [6, 6.07) is 8.39. The van der Waals surface area contributed by atoms with Gasteiger partial charge in [0.25, 0.3) is 0 Å². The normalized spacial score (nSPS) is 15.0. The molecule has 3 heteroatoms. The molecule has 1 heterocycles. The van der Waals surface area contributed by atoms with Gasteiger partial charge >= 0.3 is 0 Å². The molecule has 0 spiro atoms. The number of rotatable bonds is 3. The van der Waals surface area contributed by atoms with Gasteiger partial charge in [0.15, 0.2) is 0 Å². The lowest BCUT2D eigenvalue weighted by atomic mass is 10.1. The summed E-state index contributed by atoms with van der Waals surface area (Å²) in [5.74, 6) is 2.61. The Bertz CT molecular complexity index is 579. The van der Waals surface area contributed by atoms with Gasteiger partial charge in [-0.2, -0.15) is 0 Å². The highest BCUT2D eigenvalue weighted by molar-refractivity contribution is 5.71. The van der Waals surface area contributed by atoms with E-state index in [1.54, 1.807) is 0 Å². The summed E-state index contributed by atoms with van der Waals surface area (Å²) in [4.78, 5) is 4.79. The van der Waals surface area contributed by atoms with Crippen molar-refractivity contribution in [3.05, 3.63) is 35.7 Å². The summed E-state index contributed by atoms with van der Waals surface area (Å²) >= 11 is 0. The molecule has 0 amide bonds. The SMILES string of the molecule is CCn1c(C2CC2)nc(-c2cccc(C)c2)c1N. The lowest BCUT2D eigenvalue weighted by Gasteiger charge is -2.05. The van der Waals surface area contributed by atoms with E-state index in [1.165, 1.54) is 24.2 Å². The maximum Gasteiger partial charge on any atom is 0.131 e. The Morgan fingerprint density at radius 3 is 2.78 bits per heavy atom. The number of hydrogen-bond donors (Lipinski definition) is 1. The van der Waals surface area contributed by atoms with Gasteiger partial charge in [0.05, 0.1) is 0 Å². The molecule has 3 nitrogen and oxygen atoms in total. The van der Waals surface area contributed by atoms with Crippen LogP contribution in [-0.4, -0.2) is 9.55 Å². The molecule has 2 aromatic rings. The quantitative estimate of drug-likeness (QED) is 0.895. The van der Waals surface area contributed by atoms with Crippen molar-refractivity contribution in [1.29, 1.82) is 0 Å². The van der Waals surface area contributed by atoms with Gasteiger partial charge in [-0.05, 0) is 32.8 Å². The zero-order valence-corrected chi connectivity index (χ0v) is 11.0. The Morgan fingerprint density at radius 1 is 1.39 bits per heavy atom. The largest absolute Gasteiger partial charge is 0.383 e. The van der Waals surface area contributed by atoms with E-state index < -0.39 is 0 Å². The number of nitrogens with zero attached hydrogens (tertiary/aromatic N) is 2. The zero-order valence-electron chi connectivity index (χ0n) is 11.0. The highest BCUT2D eigenvalue weighted by Gasteiger charge is 2.30. The average Bonchev–Trinajstić information content (AvgIpc) is 3.13. The topological polar surface area (TPSA) is 43.8 Å². The first kappa shape index (κ1) is 11.3. The third-order valence-electron chi connectivity index (χ3n) is 3.59. The van der Waals surface area contributed by atoms with Crippen LogP contribution in [-0.2, 0) is 6.54 Å². The lowest BCUT2D eigenvalue weighted by Crippen LogP contribution is -2.04. The predicted molar refractivity (Wildman–Crippen MR) is 74.5 cm³/mol. The third kappa shape index (κ3) is 1.80. The van der Waals surface area contributed by atoms with Gasteiger partial charge in [0.2, 0.25) is 0 Å². The highest BCUT2D eigenvalue weighted by Crippen LogP contribution is 2.42. The van der Waals surface area contributed by atoms with Gasteiger partial charge in [-0.25, -0.2) is 4.98 Å². The van der Waals surface area contributed by atoms with Crippen LogP contribution in [0.25, 0.3) is 11.3 Å².